The number of benzene rings is 1. The normalized spacial score (nSPS) is 8.07. The molecular formula is C24H28N6. The molecule has 1 aromatic carbocycles. The second-order valence-electron chi connectivity index (χ2n) is 6.18. The van der Waals surface area contributed by atoms with E-state index in [2.05, 4.69) is 20.6 Å². The Labute approximate surface area is 181 Å². The van der Waals surface area contributed by atoms with Crippen molar-refractivity contribution >= 4 is 5.69 Å². The largest absolute Gasteiger partial charge is 0.317 e. The molecule has 1 rings (SSSR count). The molecule has 6 nitrogen and oxygen atoms in total. The summed E-state index contributed by atoms with van der Waals surface area (Å²) in [4.78, 5) is 9.62. The summed E-state index contributed by atoms with van der Waals surface area (Å²) in [5, 5.41) is 24.7. The molecule has 0 N–H and O–H groups in total. The average molecular weight is 401 g/mol. The molecule has 0 aromatic heterocycles. The highest BCUT2D eigenvalue weighted by atomic mass is 14.6. The summed E-state index contributed by atoms with van der Waals surface area (Å²) in [7, 11) is 0. The molecule has 30 heavy (non-hydrogen) atoms. The van der Waals surface area contributed by atoms with Crippen LogP contribution in [0, 0.1) is 53.7 Å². The fraction of sp³-hybridized carbons (Fsp3) is 0.500. The Balaban J connectivity index is 0. The molecule has 0 aliphatic carbocycles. The molecule has 0 spiro atoms. The fourth-order valence-electron chi connectivity index (χ4n) is 2.11. The first-order chi connectivity index (χ1) is 14.7. The van der Waals surface area contributed by atoms with Crippen LogP contribution in [0.15, 0.2) is 24.3 Å². The molecule has 0 saturated carbocycles. The van der Waals surface area contributed by atoms with Crippen LogP contribution >= 0.6 is 0 Å². The second-order valence-corrected chi connectivity index (χ2v) is 6.18. The van der Waals surface area contributed by atoms with Crippen LogP contribution in [-0.4, -0.2) is 13.1 Å². The van der Waals surface area contributed by atoms with Crippen LogP contribution in [0.25, 0.3) is 14.5 Å². The molecule has 1 aromatic rings. The van der Waals surface area contributed by atoms with Crippen LogP contribution in [0.2, 0.25) is 0 Å². The van der Waals surface area contributed by atoms with E-state index in [1.54, 1.807) is 24.3 Å². The highest BCUT2D eigenvalue weighted by molar-refractivity contribution is 5.47. The van der Waals surface area contributed by atoms with Crippen molar-refractivity contribution in [2.75, 3.05) is 13.1 Å². The molecule has 6 heteroatoms. The quantitative estimate of drug-likeness (QED) is 0.317. The lowest BCUT2D eigenvalue weighted by Crippen LogP contribution is -1.81. The summed E-state index contributed by atoms with van der Waals surface area (Å²) >= 11 is 0. The summed E-state index contributed by atoms with van der Waals surface area (Å²) in [5.74, 6) is 0. The summed E-state index contributed by atoms with van der Waals surface area (Å²) < 4.78 is 0. The van der Waals surface area contributed by atoms with Gasteiger partial charge in [-0.2, -0.15) is 15.8 Å². The van der Waals surface area contributed by atoms with E-state index in [-0.39, 0.29) is 0 Å². The van der Waals surface area contributed by atoms with Gasteiger partial charge in [0.05, 0.1) is 24.8 Å². The van der Waals surface area contributed by atoms with Crippen molar-refractivity contribution in [1.29, 1.82) is 15.8 Å². The number of hydrogen-bond donors (Lipinski definition) is 0. The van der Waals surface area contributed by atoms with Gasteiger partial charge in [0, 0.05) is 31.2 Å². The van der Waals surface area contributed by atoms with E-state index >= 15 is 0 Å². The Morgan fingerprint density at radius 2 is 1.07 bits per heavy atom. The van der Waals surface area contributed by atoms with Crippen LogP contribution in [0.4, 0.5) is 5.69 Å². The van der Waals surface area contributed by atoms with Gasteiger partial charge < -0.3 is 9.69 Å². The van der Waals surface area contributed by atoms with E-state index in [0.29, 0.717) is 37.2 Å². The first-order valence-electron chi connectivity index (χ1n) is 9.98. The lowest BCUT2D eigenvalue weighted by molar-refractivity contribution is 0.609. The minimum Gasteiger partial charge on any atom is -0.317 e. The van der Waals surface area contributed by atoms with Gasteiger partial charge in [0.1, 0.15) is 0 Å². The van der Waals surface area contributed by atoms with Gasteiger partial charge in [0.25, 0.3) is 0 Å². The van der Waals surface area contributed by atoms with Gasteiger partial charge in [0.2, 0.25) is 13.1 Å². The third kappa shape index (κ3) is 22.2. The van der Waals surface area contributed by atoms with Crippen molar-refractivity contribution < 1.29 is 0 Å². The lowest BCUT2D eigenvalue weighted by atomic mass is 10.1. The zero-order valence-corrected chi connectivity index (χ0v) is 17.5. The first-order valence-corrected chi connectivity index (χ1v) is 9.98. The minimum atomic E-state index is 0.569. The van der Waals surface area contributed by atoms with Crippen LogP contribution in [0.1, 0.15) is 69.8 Å². The Hall–Kier alpha value is -3.84. The molecule has 0 bridgehead atoms. The smallest absolute Gasteiger partial charge is 0.214 e. The highest BCUT2D eigenvalue weighted by Gasteiger charge is 1.91. The molecule has 0 radical (unpaired) electrons. The van der Waals surface area contributed by atoms with Crippen LogP contribution in [0.3, 0.4) is 0 Å². The van der Waals surface area contributed by atoms with E-state index in [1.165, 1.54) is 25.7 Å². The topological polar surface area (TPSA) is 84.4 Å². The van der Waals surface area contributed by atoms with E-state index in [9.17, 15) is 0 Å². The van der Waals surface area contributed by atoms with Gasteiger partial charge >= 0.3 is 0 Å². The van der Waals surface area contributed by atoms with Crippen molar-refractivity contribution in [1.82, 2.24) is 0 Å². The summed E-state index contributed by atoms with van der Waals surface area (Å²) in [6.07, 6.45) is 9.91. The summed E-state index contributed by atoms with van der Waals surface area (Å²) in [6.45, 7) is 20.8. The Morgan fingerprint density at radius 3 is 1.50 bits per heavy atom. The Kier molecular flexibility index (Phi) is 23.8. The Bertz CT molecular complexity index is 717. The maximum Gasteiger partial charge on any atom is 0.214 e. The summed E-state index contributed by atoms with van der Waals surface area (Å²) in [6, 6.07) is 12.7. The van der Waals surface area contributed by atoms with E-state index < -0.39 is 0 Å². The highest BCUT2D eigenvalue weighted by Crippen LogP contribution is 2.11. The molecular weight excluding hydrogens is 372 g/mol. The van der Waals surface area contributed by atoms with Crippen molar-refractivity contribution in [3.63, 3.8) is 0 Å². The SMILES string of the molecule is [C-]#[N+]CCCCC#N.[C-]#[N+]CCCCCCCCC#N.[C-]#[N+]c1ccc(C#N)cc1. The van der Waals surface area contributed by atoms with E-state index in [1.807, 2.05) is 12.1 Å². The standard InChI is InChI=1S/C10H16N2.C8H4N2.C6H8N2/c1-12-10-8-6-4-2-3-5-7-9-11;1-10-8-4-2-7(6-9)3-5-8;1-8-6-4-2-3-5-7/h2-8,10H2;2-5H;2-4,6H2. The predicted molar refractivity (Wildman–Crippen MR) is 118 cm³/mol. The number of rotatable bonds is 10. The number of hydrogen-bond acceptors (Lipinski definition) is 3. The second kappa shape index (κ2) is 25.2. The van der Waals surface area contributed by atoms with Crippen LogP contribution < -0.4 is 0 Å². The average Bonchev–Trinajstić information content (AvgIpc) is 2.79. The maximum atomic E-state index is 8.37. The van der Waals surface area contributed by atoms with Gasteiger partial charge in [-0.1, -0.05) is 43.5 Å². The Morgan fingerprint density at radius 1 is 0.633 bits per heavy atom. The van der Waals surface area contributed by atoms with E-state index in [0.717, 1.165) is 25.7 Å². The van der Waals surface area contributed by atoms with Crippen molar-refractivity contribution in [2.24, 2.45) is 0 Å². The van der Waals surface area contributed by atoms with Crippen molar-refractivity contribution in [3.8, 4) is 18.2 Å². The molecule has 0 unspecified atom stereocenters. The number of nitrogens with zero attached hydrogens (tertiary/aromatic N) is 6. The fourth-order valence-corrected chi connectivity index (χ4v) is 2.11. The minimum absolute atomic E-state index is 0.569. The maximum absolute atomic E-state index is 8.37. The molecule has 154 valence electrons. The zero-order valence-electron chi connectivity index (χ0n) is 17.5. The molecule has 0 fully saturated rings. The predicted octanol–water partition coefficient (Wildman–Crippen LogP) is 6.87. The van der Waals surface area contributed by atoms with Gasteiger partial charge in [-0.25, -0.2) is 18.0 Å². The van der Waals surface area contributed by atoms with Gasteiger partial charge in [-0.15, -0.1) is 0 Å². The molecule has 0 amide bonds. The third-order valence-corrected chi connectivity index (χ3v) is 3.74. The monoisotopic (exact) mass is 400 g/mol. The van der Waals surface area contributed by atoms with Gasteiger partial charge in [-0.3, -0.25) is 0 Å². The van der Waals surface area contributed by atoms with Gasteiger partial charge in [0.15, 0.2) is 5.69 Å². The van der Waals surface area contributed by atoms with Crippen LogP contribution in [-0.2, 0) is 0 Å². The molecule has 0 atom stereocenters. The first kappa shape index (κ1) is 28.4. The van der Waals surface area contributed by atoms with Gasteiger partial charge in [-0.05, 0) is 19.3 Å². The lowest BCUT2D eigenvalue weighted by Gasteiger charge is -1.95. The molecule has 0 saturated heterocycles. The number of nitriles is 3. The van der Waals surface area contributed by atoms with Crippen molar-refractivity contribution in [2.45, 2.75) is 64.2 Å². The molecule has 0 aliphatic heterocycles. The molecule has 0 heterocycles. The number of unbranched alkanes of at least 4 members (excludes halogenated alkanes) is 8. The summed E-state index contributed by atoms with van der Waals surface area (Å²) in [5.41, 5.74) is 1.16. The van der Waals surface area contributed by atoms with E-state index in [4.69, 9.17) is 35.5 Å². The third-order valence-electron chi connectivity index (χ3n) is 3.74. The zero-order chi connectivity index (χ0) is 22.7. The molecule has 0 aliphatic rings. The van der Waals surface area contributed by atoms with Crippen molar-refractivity contribution in [3.05, 3.63) is 64.1 Å². The van der Waals surface area contributed by atoms with Crippen LogP contribution in [0.5, 0.6) is 0 Å².